The predicted molar refractivity (Wildman–Crippen MR) is 36.6 cm³/mol. The number of aliphatic imine (C=N–C) groups is 1. The van der Waals surface area contributed by atoms with E-state index < -0.39 is 0 Å². The Hall–Kier alpha value is -1.56. The van der Waals surface area contributed by atoms with Gasteiger partial charge in [-0.1, -0.05) is 12.7 Å². The first-order valence-electron chi connectivity index (χ1n) is 2.31. The summed E-state index contributed by atoms with van der Waals surface area (Å²) in [5, 5.41) is 7.98. The molecule has 0 saturated heterocycles. The summed E-state index contributed by atoms with van der Waals surface area (Å²) in [6.07, 6.45) is 4.08. The van der Waals surface area contributed by atoms with E-state index in [4.69, 9.17) is 11.0 Å². The molecule has 9 heavy (non-hydrogen) atoms. The van der Waals surface area contributed by atoms with Crippen LogP contribution in [-0.4, -0.2) is 6.21 Å². The topological polar surface area (TPSA) is 62.2 Å². The Morgan fingerprint density at radius 3 is 2.89 bits per heavy atom. The Morgan fingerprint density at radius 1 is 1.78 bits per heavy atom. The summed E-state index contributed by atoms with van der Waals surface area (Å²) in [4.78, 5) is 3.51. The first-order chi connectivity index (χ1) is 4.31. The van der Waals surface area contributed by atoms with Gasteiger partial charge in [0.25, 0.3) is 0 Å². The molecule has 0 spiro atoms. The Balaban J connectivity index is 3.93. The minimum atomic E-state index is 0.284. The fraction of sp³-hybridized carbons (Fsp3) is 0. The smallest absolute Gasteiger partial charge is 0.124 e. The molecule has 0 aromatic heterocycles. The maximum absolute atomic E-state index is 7.98. The Kier molecular flexibility index (Phi) is 3.80. The van der Waals surface area contributed by atoms with Crippen LogP contribution in [-0.2, 0) is 0 Å². The van der Waals surface area contributed by atoms with Gasteiger partial charge in [-0.25, -0.2) is 4.99 Å². The Labute approximate surface area is 53.8 Å². The predicted octanol–water partition coefficient (Wildman–Crippen LogP) is 0.567. The number of nitriles is 1. The number of rotatable bonds is 2. The van der Waals surface area contributed by atoms with Gasteiger partial charge in [-0.05, 0) is 6.08 Å². The second-order valence-corrected chi connectivity index (χ2v) is 1.21. The molecular formula is C6H7N3. The third-order valence-corrected chi connectivity index (χ3v) is 0.560. The van der Waals surface area contributed by atoms with Crippen molar-refractivity contribution in [2.75, 3.05) is 0 Å². The van der Waals surface area contributed by atoms with Crippen molar-refractivity contribution in [1.29, 1.82) is 5.26 Å². The number of nitrogens with two attached hydrogens (primary N) is 1. The SMILES string of the molecule is C=C/C=C(N)\N=C/C#N. The first-order valence-corrected chi connectivity index (χ1v) is 2.31. The van der Waals surface area contributed by atoms with Gasteiger partial charge in [-0.2, -0.15) is 5.26 Å². The lowest BCUT2D eigenvalue weighted by molar-refractivity contribution is 1.26. The molecule has 3 nitrogen and oxygen atoms in total. The molecule has 0 rings (SSSR count). The maximum Gasteiger partial charge on any atom is 0.124 e. The molecule has 0 amide bonds. The van der Waals surface area contributed by atoms with Gasteiger partial charge in [0.05, 0.1) is 0 Å². The molecule has 0 aromatic carbocycles. The molecule has 0 aliphatic carbocycles. The van der Waals surface area contributed by atoms with E-state index in [1.54, 1.807) is 6.07 Å². The molecule has 0 unspecified atom stereocenters. The molecule has 2 N–H and O–H groups in total. The number of hydrogen-bond acceptors (Lipinski definition) is 3. The highest BCUT2D eigenvalue weighted by molar-refractivity contribution is 5.75. The highest BCUT2D eigenvalue weighted by Gasteiger charge is 1.74. The van der Waals surface area contributed by atoms with Crippen molar-refractivity contribution >= 4 is 6.21 Å². The molecule has 0 aliphatic heterocycles. The standard InChI is InChI=1S/C6H7N3/c1-2-3-6(8)9-5-4-7/h2-3,5H,1,8H2/b6-3-,9-5-. The minimum Gasteiger partial charge on any atom is -0.384 e. The molecular weight excluding hydrogens is 114 g/mol. The van der Waals surface area contributed by atoms with Gasteiger partial charge in [-0.15, -0.1) is 0 Å². The fourth-order valence-corrected chi connectivity index (χ4v) is 0.267. The van der Waals surface area contributed by atoms with Gasteiger partial charge in [-0.3, -0.25) is 0 Å². The van der Waals surface area contributed by atoms with Gasteiger partial charge in [0.2, 0.25) is 0 Å². The van der Waals surface area contributed by atoms with E-state index in [1.165, 1.54) is 12.2 Å². The second-order valence-electron chi connectivity index (χ2n) is 1.21. The molecule has 0 bridgehead atoms. The Morgan fingerprint density at radius 2 is 2.44 bits per heavy atom. The van der Waals surface area contributed by atoms with E-state index >= 15 is 0 Å². The number of allylic oxidation sites excluding steroid dienone is 2. The highest BCUT2D eigenvalue weighted by atomic mass is 14.9. The summed E-state index contributed by atoms with van der Waals surface area (Å²) >= 11 is 0. The quantitative estimate of drug-likeness (QED) is 0.428. The molecule has 0 aliphatic rings. The first kappa shape index (κ1) is 7.44. The van der Waals surface area contributed by atoms with Crippen LogP contribution in [0.25, 0.3) is 0 Å². The Bertz CT molecular complexity index is 183. The van der Waals surface area contributed by atoms with E-state index in [-0.39, 0.29) is 5.82 Å². The molecule has 0 atom stereocenters. The van der Waals surface area contributed by atoms with Crippen molar-refractivity contribution in [2.45, 2.75) is 0 Å². The third kappa shape index (κ3) is 4.29. The van der Waals surface area contributed by atoms with Crippen LogP contribution in [0.1, 0.15) is 0 Å². The maximum atomic E-state index is 7.98. The van der Waals surface area contributed by atoms with Crippen LogP contribution >= 0.6 is 0 Å². The van der Waals surface area contributed by atoms with Crippen molar-refractivity contribution < 1.29 is 0 Å². The minimum absolute atomic E-state index is 0.284. The van der Waals surface area contributed by atoms with Crippen LogP contribution in [0.2, 0.25) is 0 Å². The molecule has 0 heterocycles. The largest absolute Gasteiger partial charge is 0.384 e. The normalized spacial score (nSPS) is 11.2. The summed E-state index contributed by atoms with van der Waals surface area (Å²) in [5.41, 5.74) is 5.21. The van der Waals surface area contributed by atoms with Crippen LogP contribution in [0, 0.1) is 11.3 Å². The molecule has 0 saturated carbocycles. The van der Waals surface area contributed by atoms with Gasteiger partial charge in [0.15, 0.2) is 0 Å². The highest BCUT2D eigenvalue weighted by Crippen LogP contribution is 1.82. The van der Waals surface area contributed by atoms with E-state index in [1.807, 2.05) is 0 Å². The van der Waals surface area contributed by atoms with Crippen molar-refractivity contribution in [3.8, 4) is 6.07 Å². The summed E-state index contributed by atoms with van der Waals surface area (Å²) in [5.74, 6) is 0.284. The summed E-state index contributed by atoms with van der Waals surface area (Å²) in [6.45, 7) is 3.40. The lowest BCUT2D eigenvalue weighted by atomic mass is 10.5. The lowest BCUT2D eigenvalue weighted by Gasteiger charge is -1.83. The molecule has 0 aromatic rings. The average molecular weight is 121 g/mol. The van der Waals surface area contributed by atoms with Gasteiger partial charge < -0.3 is 5.73 Å². The van der Waals surface area contributed by atoms with Crippen LogP contribution in [0.3, 0.4) is 0 Å². The zero-order chi connectivity index (χ0) is 7.11. The lowest BCUT2D eigenvalue weighted by Crippen LogP contribution is -1.91. The molecule has 0 fully saturated rings. The number of hydrogen-bond donors (Lipinski definition) is 1. The fourth-order valence-electron chi connectivity index (χ4n) is 0.267. The van der Waals surface area contributed by atoms with E-state index in [9.17, 15) is 0 Å². The zero-order valence-electron chi connectivity index (χ0n) is 4.91. The average Bonchev–Trinajstić information content (AvgIpc) is 1.85. The summed E-state index contributed by atoms with van der Waals surface area (Å²) in [7, 11) is 0. The van der Waals surface area contributed by atoms with Gasteiger partial charge >= 0.3 is 0 Å². The van der Waals surface area contributed by atoms with Crippen molar-refractivity contribution in [1.82, 2.24) is 0 Å². The van der Waals surface area contributed by atoms with Crippen molar-refractivity contribution in [3.63, 3.8) is 0 Å². The van der Waals surface area contributed by atoms with Crippen LogP contribution < -0.4 is 5.73 Å². The monoisotopic (exact) mass is 121 g/mol. The van der Waals surface area contributed by atoms with E-state index in [0.717, 1.165) is 6.21 Å². The van der Waals surface area contributed by atoms with E-state index in [2.05, 4.69) is 11.6 Å². The van der Waals surface area contributed by atoms with Crippen molar-refractivity contribution in [3.05, 3.63) is 24.6 Å². The molecule has 3 heteroatoms. The molecule has 0 radical (unpaired) electrons. The van der Waals surface area contributed by atoms with Crippen LogP contribution in [0.5, 0.6) is 0 Å². The van der Waals surface area contributed by atoms with Crippen LogP contribution in [0.4, 0.5) is 0 Å². The van der Waals surface area contributed by atoms with Gasteiger partial charge in [0.1, 0.15) is 18.1 Å². The summed E-state index contributed by atoms with van der Waals surface area (Å²) < 4.78 is 0. The van der Waals surface area contributed by atoms with Crippen molar-refractivity contribution in [2.24, 2.45) is 10.7 Å². The zero-order valence-corrected chi connectivity index (χ0v) is 4.91. The molecule has 46 valence electrons. The van der Waals surface area contributed by atoms with Gasteiger partial charge in [0, 0.05) is 0 Å². The number of nitrogens with zero attached hydrogens (tertiary/aromatic N) is 2. The van der Waals surface area contributed by atoms with E-state index in [0.29, 0.717) is 0 Å². The third-order valence-electron chi connectivity index (χ3n) is 0.560. The van der Waals surface area contributed by atoms with Crippen LogP contribution in [0.15, 0.2) is 29.5 Å². The summed E-state index contributed by atoms with van der Waals surface area (Å²) in [6, 6.07) is 1.71. The second kappa shape index (κ2) is 4.60.